The lowest BCUT2D eigenvalue weighted by molar-refractivity contribution is 0.268. The molecule has 0 bridgehead atoms. The van der Waals surface area contributed by atoms with Crippen LogP contribution in [0.1, 0.15) is 27.7 Å². The van der Waals surface area contributed by atoms with Crippen molar-refractivity contribution in [2.75, 3.05) is 0 Å². The van der Waals surface area contributed by atoms with Gasteiger partial charge in [-0.3, -0.25) is 0 Å². The molecule has 0 aromatic carbocycles. The third kappa shape index (κ3) is 5.30. The highest BCUT2D eigenvalue weighted by Crippen LogP contribution is 2.26. The predicted octanol–water partition coefficient (Wildman–Crippen LogP) is 4.41. The highest BCUT2D eigenvalue weighted by Gasteiger charge is 2.64. The molecule has 20 heavy (non-hydrogen) atoms. The number of hydrogen-bond donors (Lipinski definition) is 0. The van der Waals surface area contributed by atoms with E-state index in [0.29, 0.717) is 0 Å². The van der Waals surface area contributed by atoms with Crippen LogP contribution in [-0.4, -0.2) is 16.2 Å². The van der Waals surface area contributed by atoms with Crippen LogP contribution in [0, 0.1) is 0 Å². The van der Waals surface area contributed by atoms with Crippen molar-refractivity contribution < 1.29 is 17.7 Å². The van der Waals surface area contributed by atoms with Gasteiger partial charge in [0.1, 0.15) is 0 Å². The zero-order valence-electron chi connectivity index (χ0n) is 13.3. The fraction of sp³-hybridized carbons (Fsp3) is 0.429. The standard InChI is InChI=1S/C14H26O4Si2/c1-7-11-15-19(5,16-12-8-2)20(6,17-13-9-3)18-14-10-4/h7-14H,1-6H3. The molecule has 0 aliphatic carbocycles. The predicted molar refractivity (Wildman–Crippen MR) is 86.8 cm³/mol. The maximum absolute atomic E-state index is 5.87. The molecule has 0 radical (unpaired) electrons. The van der Waals surface area contributed by atoms with Crippen molar-refractivity contribution in [2.24, 2.45) is 0 Å². The molecule has 0 unspecified atom stereocenters. The van der Waals surface area contributed by atoms with Crippen molar-refractivity contribution in [2.45, 2.75) is 40.8 Å². The van der Waals surface area contributed by atoms with Crippen LogP contribution in [0.3, 0.4) is 0 Å². The van der Waals surface area contributed by atoms with Gasteiger partial charge < -0.3 is 17.7 Å². The number of rotatable bonds is 9. The lowest BCUT2D eigenvalue weighted by atomic mass is 10.7. The zero-order valence-corrected chi connectivity index (χ0v) is 15.3. The Morgan fingerprint density at radius 1 is 0.500 bits per heavy atom. The SMILES string of the molecule is CC=CO[Si](C)(OC=CC)[Si](C)(OC=CC)OC=CC. The smallest absolute Gasteiger partial charge is 0.517 e. The van der Waals surface area contributed by atoms with Crippen LogP contribution in [0.2, 0.25) is 13.1 Å². The molecular weight excluding hydrogens is 288 g/mol. The molecule has 4 nitrogen and oxygen atoms in total. The summed E-state index contributed by atoms with van der Waals surface area (Å²) in [6.45, 7) is 11.5. The van der Waals surface area contributed by atoms with Crippen LogP contribution in [0.5, 0.6) is 0 Å². The quantitative estimate of drug-likeness (QED) is 0.466. The van der Waals surface area contributed by atoms with E-state index in [-0.39, 0.29) is 0 Å². The molecule has 0 aliphatic heterocycles. The summed E-state index contributed by atoms with van der Waals surface area (Å²) in [5, 5.41) is 0. The Morgan fingerprint density at radius 3 is 0.850 bits per heavy atom. The molecule has 0 atom stereocenters. The van der Waals surface area contributed by atoms with E-state index in [2.05, 4.69) is 0 Å². The maximum atomic E-state index is 5.87. The maximum Gasteiger partial charge on any atom is 0.528 e. The summed E-state index contributed by atoms with van der Waals surface area (Å²) in [4.78, 5) is 0. The molecule has 0 aromatic heterocycles. The number of allylic oxidation sites excluding steroid dienone is 4. The molecule has 0 heterocycles. The van der Waals surface area contributed by atoms with Crippen molar-refractivity contribution in [1.29, 1.82) is 0 Å². The highest BCUT2D eigenvalue weighted by atomic mass is 29.3. The first kappa shape index (κ1) is 18.6. The lowest BCUT2D eigenvalue weighted by Crippen LogP contribution is -2.64. The van der Waals surface area contributed by atoms with E-state index in [0.717, 1.165) is 0 Å². The van der Waals surface area contributed by atoms with Crippen molar-refractivity contribution >= 4 is 16.2 Å². The van der Waals surface area contributed by atoms with Gasteiger partial charge in [0, 0.05) is 13.1 Å². The summed E-state index contributed by atoms with van der Waals surface area (Å²) in [5.41, 5.74) is 0. The molecule has 0 saturated heterocycles. The summed E-state index contributed by atoms with van der Waals surface area (Å²) in [6.07, 6.45) is 13.8. The molecule has 114 valence electrons. The summed E-state index contributed by atoms with van der Waals surface area (Å²) >= 11 is 0. The second-order valence-corrected chi connectivity index (χ2v) is 14.4. The largest absolute Gasteiger partial charge is 0.528 e. The van der Waals surface area contributed by atoms with Gasteiger partial charge in [0.05, 0.1) is 25.0 Å². The first-order valence-corrected chi connectivity index (χ1v) is 12.3. The normalized spacial score (nSPS) is 18.5. The summed E-state index contributed by atoms with van der Waals surface area (Å²) in [5.74, 6) is 0. The Balaban J connectivity index is 5.44. The van der Waals surface area contributed by atoms with Crippen LogP contribution in [0.25, 0.3) is 0 Å². The van der Waals surface area contributed by atoms with Gasteiger partial charge in [-0.05, 0) is 27.7 Å². The average molecular weight is 315 g/mol. The van der Waals surface area contributed by atoms with Crippen molar-refractivity contribution in [3.05, 3.63) is 49.4 Å². The molecule has 0 aromatic rings. The van der Waals surface area contributed by atoms with E-state index in [1.807, 2.05) is 65.1 Å². The minimum absolute atomic E-state index is 1.64. The van der Waals surface area contributed by atoms with Gasteiger partial charge in [-0.2, -0.15) is 0 Å². The van der Waals surface area contributed by atoms with Gasteiger partial charge in [-0.25, -0.2) is 0 Å². The molecule has 6 heteroatoms. The minimum Gasteiger partial charge on any atom is -0.517 e. The second kappa shape index (κ2) is 9.49. The van der Waals surface area contributed by atoms with Crippen molar-refractivity contribution in [3.8, 4) is 0 Å². The molecule has 0 saturated carbocycles. The van der Waals surface area contributed by atoms with Crippen LogP contribution in [0.4, 0.5) is 0 Å². The van der Waals surface area contributed by atoms with Crippen molar-refractivity contribution in [1.82, 2.24) is 0 Å². The monoisotopic (exact) mass is 314 g/mol. The second-order valence-electron chi connectivity index (χ2n) is 4.24. The molecule has 0 aliphatic rings. The van der Waals surface area contributed by atoms with E-state index >= 15 is 0 Å². The molecular formula is C14H26O4Si2. The van der Waals surface area contributed by atoms with Gasteiger partial charge in [0.25, 0.3) is 0 Å². The molecule has 0 rings (SSSR count). The van der Waals surface area contributed by atoms with E-state index in [1.54, 1.807) is 25.0 Å². The van der Waals surface area contributed by atoms with Gasteiger partial charge in [0.2, 0.25) is 0 Å². The average Bonchev–Trinajstić information content (AvgIpc) is 2.46. The Labute approximate surface area is 124 Å². The summed E-state index contributed by atoms with van der Waals surface area (Å²) < 4.78 is 23.5. The van der Waals surface area contributed by atoms with Gasteiger partial charge in [0.15, 0.2) is 0 Å². The Morgan fingerprint density at radius 2 is 0.700 bits per heavy atom. The van der Waals surface area contributed by atoms with Crippen LogP contribution in [0.15, 0.2) is 49.4 Å². The lowest BCUT2D eigenvalue weighted by Gasteiger charge is -2.35. The Kier molecular flexibility index (Phi) is 8.82. The molecule has 0 N–H and O–H groups in total. The minimum atomic E-state index is -2.70. The fourth-order valence-electron chi connectivity index (χ4n) is 1.28. The van der Waals surface area contributed by atoms with Gasteiger partial charge in [-0.1, -0.05) is 24.3 Å². The Bertz CT molecular complexity index is 311. The number of hydrogen-bond acceptors (Lipinski definition) is 4. The van der Waals surface area contributed by atoms with Crippen LogP contribution < -0.4 is 0 Å². The highest BCUT2D eigenvalue weighted by molar-refractivity contribution is 7.31. The topological polar surface area (TPSA) is 36.9 Å². The van der Waals surface area contributed by atoms with E-state index in [4.69, 9.17) is 17.7 Å². The summed E-state index contributed by atoms with van der Waals surface area (Å²) in [7, 11) is -5.40. The van der Waals surface area contributed by atoms with Crippen LogP contribution in [-0.2, 0) is 17.7 Å². The first-order valence-electron chi connectivity index (χ1n) is 6.65. The summed E-state index contributed by atoms with van der Waals surface area (Å²) in [6, 6.07) is 0. The molecule has 0 spiro atoms. The Hall–Kier alpha value is -1.41. The molecule has 0 fully saturated rings. The third-order valence-corrected chi connectivity index (χ3v) is 12.9. The first-order chi connectivity index (χ1) is 9.49. The van der Waals surface area contributed by atoms with Crippen molar-refractivity contribution in [3.63, 3.8) is 0 Å². The fourth-order valence-corrected chi connectivity index (χ4v) is 7.21. The van der Waals surface area contributed by atoms with Gasteiger partial charge in [-0.15, -0.1) is 0 Å². The van der Waals surface area contributed by atoms with E-state index in [9.17, 15) is 0 Å². The van der Waals surface area contributed by atoms with E-state index < -0.39 is 16.2 Å². The van der Waals surface area contributed by atoms with Crippen LogP contribution >= 0.6 is 0 Å². The third-order valence-electron chi connectivity index (χ3n) is 2.54. The molecule has 0 amide bonds. The van der Waals surface area contributed by atoms with Gasteiger partial charge >= 0.3 is 16.2 Å². The van der Waals surface area contributed by atoms with E-state index in [1.165, 1.54) is 0 Å². The zero-order chi connectivity index (χ0) is 15.5.